The van der Waals surface area contributed by atoms with Crippen molar-refractivity contribution in [1.82, 2.24) is 0 Å². The molecule has 0 aromatic heterocycles. The van der Waals surface area contributed by atoms with Crippen LogP contribution in [-0.4, -0.2) is 23.4 Å². The van der Waals surface area contributed by atoms with Gasteiger partial charge in [-0.2, -0.15) is 0 Å². The summed E-state index contributed by atoms with van der Waals surface area (Å²) in [5, 5.41) is 9.25. The van der Waals surface area contributed by atoms with E-state index in [1.807, 2.05) is 18.4 Å². The summed E-state index contributed by atoms with van der Waals surface area (Å²) >= 11 is 7.52. The van der Waals surface area contributed by atoms with Gasteiger partial charge in [0.2, 0.25) is 0 Å². The molecule has 1 aromatic carbocycles. The lowest BCUT2D eigenvalue weighted by Gasteiger charge is -2.09. The fourth-order valence-electron chi connectivity index (χ4n) is 1.16. The molecule has 1 unspecified atom stereocenters. The van der Waals surface area contributed by atoms with Crippen LogP contribution in [-0.2, 0) is 11.2 Å². The molecule has 0 aliphatic heterocycles. The Balaban J connectivity index is 0.00000225. The van der Waals surface area contributed by atoms with E-state index in [9.17, 15) is 4.79 Å². The second-order valence-electron chi connectivity index (χ2n) is 3.11. The molecule has 0 aliphatic rings. The van der Waals surface area contributed by atoms with Gasteiger partial charge in [0, 0.05) is 9.92 Å². The molecule has 0 aliphatic carbocycles. The first-order chi connectivity index (χ1) is 7.04. The Kier molecular flexibility index (Phi) is 6.83. The fraction of sp³-hybridized carbons (Fsp3) is 0.300. The van der Waals surface area contributed by atoms with Crippen LogP contribution in [0.25, 0.3) is 0 Å². The Morgan fingerprint density at radius 3 is 2.75 bits per heavy atom. The number of aliphatic carboxylic acids is 1. The Morgan fingerprint density at radius 2 is 2.25 bits per heavy atom. The van der Waals surface area contributed by atoms with Crippen LogP contribution in [0.15, 0.2) is 23.1 Å². The molecule has 0 amide bonds. The number of halogens is 2. The van der Waals surface area contributed by atoms with Gasteiger partial charge in [-0.05, 0) is 36.4 Å². The Bertz CT molecular complexity index is 374. The van der Waals surface area contributed by atoms with Crippen molar-refractivity contribution in [2.45, 2.75) is 17.4 Å². The van der Waals surface area contributed by atoms with Gasteiger partial charge in [0.25, 0.3) is 0 Å². The molecule has 0 heterocycles. The van der Waals surface area contributed by atoms with Gasteiger partial charge >= 0.3 is 5.97 Å². The molecule has 0 saturated carbocycles. The molecule has 90 valence electrons. The zero-order valence-electron chi connectivity index (χ0n) is 8.64. The van der Waals surface area contributed by atoms with Crippen molar-refractivity contribution >= 4 is 41.7 Å². The SMILES string of the molecule is CSc1ccc(Cl)c(CC(N)C(=O)O)c1.Cl. The summed E-state index contributed by atoms with van der Waals surface area (Å²) in [7, 11) is 0. The van der Waals surface area contributed by atoms with Crippen molar-refractivity contribution in [2.75, 3.05) is 6.26 Å². The molecule has 1 aromatic rings. The maximum absolute atomic E-state index is 10.6. The minimum absolute atomic E-state index is 0. The Hall–Kier alpha value is -0.420. The fourth-order valence-corrected chi connectivity index (χ4v) is 1.82. The largest absolute Gasteiger partial charge is 0.480 e. The standard InChI is InChI=1S/C10H12ClNO2S.ClH/c1-15-7-2-3-8(11)6(4-7)5-9(12)10(13)14;/h2-4,9H,5,12H2,1H3,(H,13,14);1H. The first kappa shape index (κ1) is 15.6. The van der Waals surface area contributed by atoms with Gasteiger partial charge in [-0.25, -0.2) is 0 Å². The Morgan fingerprint density at radius 1 is 1.62 bits per heavy atom. The van der Waals surface area contributed by atoms with E-state index >= 15 is 0 Å². The van der Waals surface area contributed by atoms with E-state index < -0.39 is 12.0 Å². The smallest absolute Gasteiger partial charge is 0.320 e. The molecule has 1 atom stereocenters. The summed E-state index contributed by atoms with van der Waals surface area (Å²) in [6.45, 7) is 0. The highest BCUT2D eigenvalue weighted by atomic mass is 35.5. The number of carboxylic acids is 1. The molecule has 6 heteroatoms. The van der Waals surface area contributed by atoms with E-state index in [0.717, 1.165) is 10.5 Å². The summed E-state index contributed by atoms with van der Waals surface area (Å²) < 4.78 is 0. The van der Waals surface area contributed by atoms with Crippen LogP contribution < -0.4 is 5.73 Å². The predicted octanol–water partition coefficient (Wildman–Crippen LogP) is 2.44. The van der Waals surface area contributed by atoms with Crippen molar-refractivity contribution in [3.63, 3.8) is 0 Å². The van der Waals surface area contributed by atoms with Crippen LogP contribution in [0.1, 0.15) is 5.56 Å². The van der Waals surface area contributed by atoms with E-state index in [-0.39, 0.29) is 18.8 Å². The van der Waals surface area contributed by atoms with Gasteiger partial charge in [0.05, 0.1) is 0 Å². The summed E-state index contributed by atoms with van der Waals surface area (Å²) in [5.74, 6) is -1.01. The second-order valence-corrected chi connectivity index (χ2v) is 4.39. The summed E-state index contributed by atoms with van der Waals surface area (Å²) in [5.41, 5.74) is 6.22. The minimum atomic E-state index is -1.01. The quantitative estimate of drug-likeness (QED) is 0.833. The van der Waals surface area contributed by atoms with Crippen molar-refractivity contribution in [2.24, 2.45) is 5.73 Å². The molecule has 0 bridgehead atoms. The molecule has 0 radical (unpaired) electrons. The highest BCUT2D eigenvalue weighted by Gasteiger charge is 2.14. The Labute approximate surface area is 110 Å². The van der Waals surface area contributed by atoms with Gasteiger partial charge in [0.15, 0.2) is 0 Å². The lowest BCUT2D eigenvalue weighted by molar-refractivity contribution is -0.138. The lowest BCUT2D eigenvalue weighted by Crippen LogP contribution is -2.32. The van der Waals surface area contributed by atoms with Gasteiger partial charge in [0.1, 0.15) is 6.04 Å². The first-order valence-corrected chi connectivity index (χ1v) is 5.95. The highest BCUT2D eigenvalue weighted by molar-refractivity contribution is 7.98. The van der Waals surface area contributed by atoms with Crippen molar-refractivity contribution in [3.05, 3.63) is 28.8 Å². The van der Waals surface area contributed by atoms with Crippen molar-refractivity contribution < 1.29 is 9.90 Å². The summed E-state index contributed by atoms with van der Waals surface area (Å²) in [6, 6.07) is 4.62. The number of nitrogens with two attached hydrogens (primary N) is 1. The summed E-state index contributed by atoms with van der Waals surface area (Å²) in [6.07, 6.45) is 2.20. The highest BCUT2D eigenvalue weighted by Crippen LogP contribution is 2.23. The van der Waals surface area contributed by atoms with Crippen LogP contribution in [0.4, 0.5) is 0 Å². The molecular formula is C10H13Cl2NO2S. The molecular weight excluding hydrogens is 269 g/mol. The average Bonchev–Trinajstić information content (AvgIpc) is 2.21. The normalized spacial score (nSPS) is 11.7. The molecule has 0 saturated heterocycles. The zero-order valence-corrected chi connectivity index (χ0v) is 11.0. The summed E-state index contributed by atoms with van der Waals surface area (Å²) in [4.78, 5) is 11.6. The third-order valence-corrected chi connectivity index (χ3v) is 3.10. The van der Waals surface area contributed by atoms with Crippen molar-refractivity contribution in [1.29, 1.82) is 0 Å². The van der Waals surface area contributed by atoms with E-state index in [2.05, 4.69) is 0 Å². The van der Waals surface area contributed by atoms with Gasteiger partial charge in [-0.3, -0.25) is 4.79 Å². The molecule has 3 N–H and O–H groups in total. The van der Waals surface area contributed by atoms with Crippen LogP contribution in [0.3, 0.4) is 0 Å². The van der Waals surface area contributed by atoms with E-state index in [0.29, 0.717) is 5.02 Å². The van der Waals surface area contributed by atoms with Gasteiger partial charge < -0.3 is 10.8 Å². The topological polar surface area (TPSA) is 63.3 Å². The average molecular weight is 282 g/mol. The zero-order chi connectivity index (χ0) is 11.4. The third-order valence-electron chi connectivity index (χ3n) is 2.01. The number of rotatable bonds is 4. The maximum Gasteiger partial charge on any atom is 0.320 e. The molecule has 0 fully saturated rings. The number of hydrogen-bond donors (Lipinski definition) is 2. The second kappa shape index (κ2) is 7.01. The molecule has 0 spiro atoms. The monoisotopic (exact) mass is 281 g/mol. The lowest BCUT2D eigenvalue weighted by atomic mass is 10.1. The van der Waals surface area contributed by atoms with Gasteiger partial charge in [-0.15, -0.1) is 24.2 Å². The third kappa shape index (κ3) is 4.22. The van der Waals surface area contributed by atoms with Gasteiger partial charge in [-0.1, -0.05) is 11.6 Å². The van der Waals surface area contributed by atoms with Crippen LogP contribution in [0.2, 0.25) is 5.02 Å². The van der Waals surface area contributed by atoms with E-state index in [4.69, 9.17) is 22.4 Å². The number of benzene rings is 1. The predicted molar refractivity (Wildman–Crippen MR) is 69.8 cm³/mol. The van der Waals surface area contributed by atoms with Crippen LogP contribution in [0, 0.1) is 0 Å². The van der Waals surface area contributed by atoms with E-state index in [1.165, 1.54) is 0 Å². The minimum Gasteiger partial charge on any atom is -0.480 e. The molecule has 1 rings (SSSR count). The van der Waals surface area contributed by atoms with Crippen LogP contribution >= 0.6 is 35.8 Å². The van der Waals surface area contributed by atoms with E-state index in [1.54, 1.807) is 17.8 Å². The maximum atomic E-state index is 10.6. The number of carboxylic acid groups (broad SMARTS) is 1. The van der Waals surface area contributed by atoms with Crippen molar-refractivity contribution in [3.8, 4) is 0 Å². The number of thioether (sulfide) groups is 1. The number of hydrogen-bond acceptors (Lipinski definition) is 3. The molecule has 16 heavy (non-hydrogen) atoms. The van der Waals surface area contributed by atoms with Crippen LogP contribution in [0.5, 0.6) is 0 Å². The first-order valence-electron chi connectivity index (χ1n) is 4.35. The number of carbonyl (C=O) groups is 1. The molecule has 3 nitrogen and oxygen atoms in total.